The summed E-state index contributed by atoms with van der Waals surface area (Å²) in [5.74, 6) is 0. The van der Waals surface area contributed by atoms with Crippen LogP contribution in [-0.4, -0.2) is 32.4 Å². The van der Waals surface area contributed by atoms with Crippen molar-refractivity contribution >= 4 is 21.6 Å². The van der Waals surface area contributed by atoms with Crippen molar-refractivity contribution in [2.75, 3.05) is 13.6 Å². The van der Waals surface area contributed by atoms with Gasteiger partial charge in [-0.2, -0.15) is 0 Å². The standard InChI is InChI=1S/C15H25ClN2O2S/c1-5-6-9-18(4)21(19,20)14-8-7-13(15(16)10-14)11-17-12(2)3/h7-8,10,12,17H,5-6,9,11H2,1-4H3. The molecule has 21 heavy (non-hydrogen) atoms. The first-order valence-corrected chi connectivity index (χ1v) is 9.09. The van der Waals surface area contributed by atoms with Gasteiger partial charge in [-0.3, -0.25) is 0 Å². The van der Waals surface area contributed by atoms with Crippen LogP contribution in [0.5, 0.6) is 0 Å². The molecule has 0 atom stereocenters. The fourth-order valence-electron chi connectivity index (χ4n) is 1.83. The van der Waals surface area contributed by atoms with Crippen LogP contribution in [0.25, 0.3) is 0 Å². The highest BCUT2D eigenvalue weighted by Gasteiger charge is 2.21. The second-order valence-corrected chi connectivity index (χ2v) is 7.92. The third-order valence-electron chi connectivity index (χ3n) is 3.26. The highest BCUT2D eigenvalue weighted by atomic mass is 35.5. The Bertz CT molecular complexity index is 559. The lowest BCUT2D eigenvalue weighted by atomic mass is 10.2. The maximum Gasteiger partial charge on any atom is 0.242 e. The third-order valence-corrected chi connectivity index (χ3v) is 5.46. The molecule has 1 rings (SSSR count). The first kappa shape index (κ1) is 18.4. The zero-order chi connectivity index (χ0) is 16.0. The van der Waals surface area contributed by atoms with Crippen molar-refractivity contribution in [2.45, 2.75) is 51.1 Å². The summed E-state index contributed by atoms with van der Waals surface area (Å²) < 4.78 is 26.2. The Balaban J connectivity index is 2.91. The van der Waals surface area contributed by atoms with Crippen LogP contribution < -0.4 is 5.32 Å². The number of sulfonamides is 1. The van der Waals surface area contributed by atoms with Gasteiger partial charge >= 0.3 is 0 Å². The van der Waals surface area contributed by atoms with Crippen molar-refractivity contribution in [1.29, 1.82) is 0 Å². The van der Waals surface area contributed by atoms with Crippen LogP contribution in [0.15, 0.2) is 23.1 Å². The number of rotatable bonds is 8. The van der Waals surface area contributed by atoms with Gasteiger partial charge in [0.1, 0.15) is 0 Å². The van der Waals surface area contributed by atoms with Gasteiger partial charge in [0.25, 0.3) is 0 Å². The lowest BCUT2D eigenvalue weighted by molar-refractivity contribution is 0.459. The summed E-state index contributed by atoms with van der Waals surface area (Å²) in [4.78, 5) is 0.249. The van der Waals surface area contributed by atoms with E-state index in [4.69, 9.17) is 11.6 Å². The molecule has 0 aromatic heterocycles. The van der Waals surface area contributed by atoms with Crippen LogP contribution in [0.3, 0.4) is 0 Å². The Morgan fingerprint density at radius 2 is 2.00 bits per heavy atom. The predicted octanol–water partition coefficient (Wildman–Crippen LogP) is 3.26. The Labute approximate surface area is 133 Å². The summed E-state index contributed by atoms with van der Waals surface area (Å²) in [6, 6.07) is 5.29. The number of benzene rings is 1. The lowest BCUT2D eigenvalue weighted by Gasteiger charge is -2.17. The van der Waals surface area contributed by atoms with E-state index in [1.807, 2.05) is 6.92 Å². The van der Waals surface area contributed by atoms with E-state index in [1.54, 1.807) is 19.2 Å². The quantitative estimate of drug-likeness (QED) is 0.795. The molecule has 0 bridgehead atoms. The molecule has 1 N–H and O–H groups in total. The molecule has 0 amide bonds. The lowest BCUT2D eigenvalue weighted by Crippen LogP contribution is -2.28. The average Bonchev–Trinajstić information content (AvgIpc) is 2.42. The molecule has 0 aliphatic heterocycles. The van der Waals surface area contributed by atoms with Gasteiger partial charge in [-0.25, -0.2) is 12.7 Å². The molecule has 0 fully saturated rings. The maximum absolute atomic E-state index is 12.4. The zero-order valence-electron chi connectivity index (χ0n) is 13.2. The first-order valence-electron chi connectivity index (χ1n) is 7.27. The summed E-state index contributed by atoms with van der Waals surface area (Å²) in [6.07, 6.45) is 1.81. The smallest absolute Gasteiger partial charge is 0.242 e. The van der Waals surface area contributed by atoms with Crippen molar-refractivity contribution in [2.24, 2.45) is 0 Å². The van der Waals surface area contributed by atoms with Crippen LogP contribution in [0.4, 0.5) is 0 Å². The normalized spacial score (nSPS) is 12.3. The molecule has 1 aromatic carbocycles. The Morgan fingerprint density at radius 1 is 1.33 bits per heavy atom. The third kappa shape index (κ3) is 5.25. The van der Waals surface area contributed by atoms with Gasteiger partial charge in [0.05, 0.1) is 4.90 Å². The summed E-state index contributed by atoms with van der Waals surface area (Å²) in [5.41, 5.74) is 0.903. The second-order valence-electron chi connectivity index (χ2n) is 5.47. The average molecular weight is 333 g/mol. The minimum atomic E-state index is -3.45. The highest BCUT2D eigenvalue weighted by molar-refractivity contribution is 7.89. The molecule has 6 heteroatoms. The van der Waals surface area contributed by atoms with Crippen LogP contribution >= 0.6 is 11.6 Å². The molecular formula is C15H25ClN2O2S. The fourth-order valence-corrected chi connectivity index (χ4v) is 3.38. The number of nitrogens with one attached hydrogen (secondary N) is 1. The van der Waals surface area contributed by atoms with E-state index < -0.39 is 10.0 Å². The molecule has 0 unspecified atom stereocenters. The van der Waals surface area contributed by atoms with Gasteiger partial charge in [0, 0.05) is 31.2 Å². The van der Waals surface area contributed by atoms with Crippen molar-refractivity contribution in [3.63, 3.8) is 0 Å². The van der Waals surface area contributed by atoms with Crippen molar-refractivity contribution in [3.05, 3.63) is 28.8 Å². The number of hydrogen-bond acceptors (Lipinski definition) is 3. The molecule has 0 saturated carbocycles. The van der Waals surface area contributed by atoms with Crippen LogP contribution in [0, 0.1) is 0 Å². The van der Waals surface area contributed by atoms with E-state index in [9.17, 15) is 8.42 Å². The number of nitrogens with zero attached hydrogens (tertiary/aromatic N) is 1. The minimum absolute atomic E-state index is 0.249. The molecular weight excluding hydrogens is 308 g/mol. The molecule has 4 nitrogen and oxygen atoms in total. The SMILES string of the molecule is CCCCN(C)S(=O)(=O)c1ccc(CNC(C)C)c(Cl)c1. The molecule has 0 saturated heterocycles. The molecule has 120 valence electrons. The second kappa shape index (κ2) is 8.13. The summed E-state index contributed by atoms with van der Waals surface area (Å²) in [7, 11) is -1.85. The topological polar surface area (TPSA) is 49.4 Å². The largest absolute Gasteiger partial charge is 0.310 e. The molecule has 0 aliphatic carbocycles. The van der Waals surface area contributed by atoms with Gasteiger partial charge in [0.2, 0.25) is 10.0 Å². The van der Waals surface area contributed by atoms with Gasteiger partial charge in [0.15, 0.2) is 0 Å². The molecule has 0 aliphatic rings. The van der Waals surface area contributed by atoms with E-state index in [0.29, 0.717) is 24.2 Å². The number of unbranched alkanes of at least 4 members (excludes halogenated alkanes) is 1. The van der Waals surface area contributed by atoms with Crippen LogP contribution in [0.1, 0.15) is 39.2 Å². The summed E-state index contributed by atoms with van der Waals surface area (Å²) in [6.45, 7) is 7.29. The highest BCUT2D eigenvalue weighted by Crippen LogP contribution is 2.23. The van der Waals surface area contributed by atoms with Gasteiger partial charge < -0.3 is 5.32 Å². The van der Waals surface area contributed by atoms with E-state index in [0.717, 1.165) is 18.4 Å². The number of hydrogen-bond donors (Lipinski definition) is 1. The van der Waals surface area contributed by atoms with E-state index in [-0.39, 0.29) is 4.90 Å². The number of halogens is 1. The van der Waals surface area contributed by atoms with Gasteiger partial charge in [-0.1, -0.05) is 44.9 Å². The first-order chi connectivity index (χ1) is 9.78. The van der Waals surface area contributed by atoms with E-state index in [2.05, 4.69) is 19.2 Å². The fraction of sp³-hybridized carbons (Fsp3) is 0.600. The summed E-state index contributed by atoms with van der Waals surface area (Å²) >= 11 is 6.20. The zero-order valence-corrected chi connectivity index (χ0v) is 14.8. The van der Waals surface area contributed by atoms with E-state index in [1.165, 1.54) is 10.4 Å². The summed E-state index contributed by atoms with van der Waals surface area (Å²) in [5, 5.41) is 3.75. The van der Waals surface area contributed by atoms with Crippen molar-refractivity contribution in [1.82, 2.24) is 9.62 Å². The van der Waals surface area contributed by atoms with E-state index >= 15 is 0 Å². The molecule has 1 aromatic rings. The van der Waals surface area contributed by atoms with Gasteiger partial charge in [-0.05, 0) is 24.1 Å². The molecule has 0 spiro atoms. The predicted molar refractivity (Wildman–Crippen MR) is 88.2 cm³/mol. The van der Waals surface area contributed by atoms with Crippen molar-refractivity contribution < 1.29 is 8.42 Å². The van der Waals surface area contributed by atoms with Gasteiger partial charge in [-0.15, -0.1) is 0 Å². The van der Waals surface area contributed by atoms with Crippen LogP contribution in [-0.2, 0) is 16.6 Å². The Hall–Kier alpha value is -0.620. The Morgan fingerprint density at radius 3 is 2.52 bits per heavy atom. The monoisotopic (exact) mass is 332 g/mol. The van der Waals surface area contributed by atoms with Crippen molar-refractivity contribution in [3.8, 4) is 0 Å². The molecule has 0 radical (unpaired) electrons. The minimum Gasteiger partial charge on any atom is -0.310 e. The molecule has 0 heterocycles. The maximum atomic E-state index is 12.4. The Kier molecular flexibility index (Phi) is 7.13. The van der Waals surface area contributed by atoms with Crippen LogP contribution in [0.2, 0.25) is 5.02 Å².